The van der Waals surface area contributed by atoms with Gasteiger partial charge in [-0.25, -0.2) is 9.79 Å². The molecule has 1 aliphatic heterocycles. The van der Waals surface area contributed by atoms with Crippen LogP contribution in [0.15, 0.2) is 87.8 Å². The van der Waals surface area contributed by atoms with E-state index in [-0.39, 0.29) is 24.5 Å². The molecular formula is C32H29N3O7S. The van der Waals surface area contributed by atoms with E-state index in [0.717, 1.165) is 16.7 Å². The highest BCUT2D eigenvalue weighted by molar-refractivity contribution is 7.07. The number of aryl methyl sites for hydroxylation is 1. The van der Waals surface area contributed by atoms with Crippen molar-refractivity contribution in [1.29, 1.82) is 0 Å². The van der Waals surface area contributed by atoms with E-state index in [4.69, 9.17) is 14.2 Å². The lowest BCUT2D eigenvalue weighted by atomic mass is 9.95. The lowest BCUT2D eigenvalue weighted by molar-refractivity contribution is -0.384. The summed E-state index contributed by atoms with van der Waals surface area (Å²) in [5.74, 6) is 0.354. The Morgan fingerprint density at radius 3 is 2.47 bits per heavy atom. The van der Waals surface area contributed by atoms with E-state index in [9.17, 15) is 19.7 Å². The topological polar surface area (TPSA) is 122 Å². The number of methoxy groups -OCH3 is 1. The van der Waals surface area contributed by atoms with Crippen LogP contribution in [0, 0.1) is 17.0 Å². The molecule has 1 atom stereocenters. The molecule has 0 fully saturated rings. The standard InChI is InChI=1S/C32H29N3O7S/c1-5-41-31(37)27-20(3)33-32-34(28(27)22-13-9-19(2)10-14-22)30(36)26(43-32)17-23-7-6-8-25(40-4)29(23)42-18-21-11-15-24(16-12-21)35(38)39/h6-17,28H,5,18H2,1-4H3/b26-17-/t28-/m0/s1. The van der Waals surface area contributed by atoms with Crippen molar-refractivity contribution in [2.75, 3.05) is 13.7 Å². The van der Waals surface area contributed by atoms with Crippen molar-refractivity contribution < 1.29 is 23.9 Å². The number of rotatable bonds is 9. The number of aromatic nitrogens is 1. The molecule has 43 heavy (non-hydrogen) atoms. The largest absolute Gasteiger partial charge is 0.493 e. The van der Waals surface area contributed by atoms with Gasteiger partial charge in [0.05, 0.1) is 40.5 Å². The zero-order valence-corrected chi connectivity index (χ0v) is 24.8. The lowest BCUT2D eigenvalue weighted by Crippen LogP contribution is -2.39. The van der Waals surface area contributed by atoms with Gasteiger partial charge in [0, 0.05) is 17.7 Å². The number of esters is 1. The second kappa shape index (κ2) is 12.5. The Hall–Kier alpha value is -5.03. The van der Waals surface area contributed by atoms with Crippen molar-refractivity contribution in [1.82, 2.24) is 4.57 Å². The molecule has 0 N–H and O–H groups in total. The van der Waals surface area contributed by atoms with Crippen molar-refractivity contribution in [3.05, 3.63) is 130 Å². The number of allylic oxidation sites excluding steroid dienone is 1. The molecule has 11 heteroatoms. The second-order valence-electron chi connectivity index (χ2n) is 9.80. The molecule has 0 spiro atoms. The Morgan fingerprint density at radius 1 is 1.09 bits per heavy atom. The predicted molar refractivity (Wildman–Crippen MR) is 162 cm³/mol. The minimum absolute atomic E-state index is 0.0117. The van der Waals surface area contributed by atoms with E-state index in [1.54, 1.807) is 50.3 Å². The summed E-state index contributed by atoms with van der Waals surface area (Å²) in [7, 11) is 1.52. The maximum Gasteiger partial charge on any atom is 0.338 e. The number of carbonyl (C=O) groups is 1. The minimum atomic E-state index is -0.707. The molecule has 3 aromatic carbocycles. The van der Waals surface area contributed by atoms with Crippen molar-refractivity contribution in [3.8, 4) is 11.5 Å². The Kier molecular flexibility index (Phi) is 8.53. The van der Waals surface area contributed by atoms with Gasteiger partial charge in [-0.3, -0.25) is 19.5 Å². The zero-order valence-electron chi connectivity index (χ0n) is 24.0. The third-order valence-electron chi connectivity index (χ3n) is 6.96. The third kappa shape index (κ3) is 5.98. The SMILES string of the molecule is CCOC(=O)C1=C(C)N=c2s/c(=C\c3cccc(OC)c3OCc3ccc([N+](=O)[O-])cc3)c(=O)n2[C@H]1c1ccc(C)cc1. The van der Waals surface area contributed by atoms with Crippen molar-refractivity contribution in [2.45, 2.75) is 33.4 Å². The molecular weight excluding hydrogens is 570 g/mol. The Bertz CT molecular complexity index is 1910. The van der Waals surface area contributed by atoms with Gasteiger partial charge >= 0.3 is 5.97 Å². The molecule has 2 heterocycles. The number of nitro groups is 1. The maximum atomic E-state index is 14.0. The third-order valence-corrected chi connectivity index (χ3v) is 7.94. The number of thiazole rings is 1. The predicted octanol–water partition coefficient (Wildman–Crippen LogP) is 4.60. The summed E-state index contributed by atoms with van der Waals surface area (Å²) in [4.78, 5) is 42.8. The maximum absolute atomic E-state index is 14.0. The number of fused-ring (bicyclic) bond motifs is 1. The highest BCUT2D eigenvalue weighted by Crippen LogP contribution is 2.33. The number of non-ortho nitro benzene ring substituents is 1. The first-order chi connectivity index (χ1) is 20.7. The number of nitro benzene ring substituents is 1. The smallest absolute Gasteiger partial charge is 0.338 e. The summed E-state index contributed by atoms with van der Waals surface area (Å²) in [6.07, 6.45) is 1.72. The van der Waals surface area contributed by atoms with Crippen molar-refractivity contribution in [2.24, 2.45) is 4.99 Å². The Morgan fingerprint density at radius 2 is 1.81 bits per heavy atom. The highest BCUT2D eigenvalue weighted by Gasteiger charge is 2.33. The fourth-order valence-corrected chi connectivity index (χ4v) is 5.87. The molecule has 220 valence electrons. The Labute approximate surface area is 251 Å². The van der Waals surface area contributed by atoms with Gasteiger partial charge in [0.15, 0.2) is 16.3 Å². The highest BCUT2D eigenvalue weighted by atomic mass is 32.1. The number of ether oxygens (including phenoxy) is 3. The van der Waals surface area contributed by atoms with Crippen LogP contribution in [0.5, 0.6) is 11.5 Å². The first-order valence-corrected chi connectivity index (χ1v) is 14.3. The van der Waals surface area contributed by atoms with Gasteiger partial charge in [0.25, 0.3) is 11.2 Å². The second-order valence-corrected chi connectivity index (χ2v) is 10.8. The fraction of sp³-hybridized carbons (Fsp3) is 0.219. The molecule has 0 aliphatic carbocycles. The number of benzene rings is 3. The Balaban J connectivity index is 1.60. The summed E-state index contributed by atoms with van der Waals surface area (Å²) >= 11 is 1.21. The number of hydrogen-bond acceptors (Lipinski definition) is 9. The van der Waals surface area contributed by atoms with Gasteiger partial charge in [0.1, 0.15) is 6.61 Å². The van der Waals surface area contributed by atoms with Crippen LogP contribution in [0.4, 0.5) is 5.69 Å². The molecule has 1 aliphatic rings. The molecule has 0 bridgehead atoms. The summed E-state index contributed by atoms with van der Waals surface area (Å²) < 4.78 is 19.0. The summed E-state index contributed by atoms with van der Waals surface area (Å²) in [6.45, 7) is 5.77. The first-order valence-electron chi connectivity index (χ1n) is 13.5. The average Bonchev–Trinajstić information content (AvgIpc) is 3.30. The van der Waals surface area contributed by atoms with Crippen LogP contribution in [0.25, 0.3) is 6.08 Å². The van der Waals surface area contributed by atoms with E-state index >= 15 is 0 Å². The van der Waals surface area contributed by atoms with Gasteiger partial charge in [-0.15, -0.1) is 0 Å². The molecule has 0 saturated heterocycles. The number of nitrogens with zero attached hydrogens (tertiary/aromatic N) is 3. The van der Waals surface area contributed by atoms with Gasteiger partial charge in [-0.1, -0.05) is 53.3 Å². The molecule has 10 nitrogen and oxygen atoms in total. The molecule has 0 radical (unpaired) electrons. The number of para-hydroxylation sites is 1. The molecule has 5 rings (SSSR count). The summed E-state index contributed by atoms with van der Waals surface area (Å²) in [5.41, 5.74) is 3.62. The minimum Gasteiger partial charge on any atom is -0.493 e. The van der Waals surface area contributed by atoms with Crippen LogP contribution in [0.2, 0.25) is 0 Å². The van der Waals surface area contributed by atoms with Gasteiger partial charge < -0.3 is 14.2 Å². The molecule has 0 saturated carbocycles. The summed E-state index contributed by atoms with van der Waals surface area (Å²) in [5, 5.41) is 11.0. The first kappa shape index (κ1) is 29.5. The van der Waals surface area contributed by atoms with E-state index in [2.05, 4.69) is 4.99 Å². The lowest BCUT2D eigenvalue weighted by Gasteiger charge is -2.24. The average molecular weight is 600 g/mol. The number of carbonyl (C=O) groups excluding carboxylic acids is 1. The van der Waals surface area contributed by atoms with E-state index in [0.29, 0.717) is 37.7 Å². The quantitative estimate of drug-likeness (QED) is 0.157. The zero-order chi connectivity index (χ0) is 30.7. The van der Waals surface area contributed by atoms with Crippen molar-refractivity contribution in [3.63, 3.8) is 0 Å². The van der Waals surface area contributed by atoms with E-state index in [1.165, 1.54) is 35.1 Å². The molecule has 4 aromatic rings. The summed E-state index contributed by atoms with van der Waals surface area (Å²) in [6, 6.07) is 18.4. The molecule has 1 aromatic heterocycles. The van der Waals surface area contributed by atoms with Gasteiger partial charge in [-0.2, -0.15) is 0 Å². The van der Waals surface area contributed by atoms with Crippen LogP contribution in [0.1, 0.15) is 42.1 Å². The monoisotopic (exact) mass is 599 g/mol. The normalized spacial score (nSPS) is 14.6. The van der Waals surface area contributed by atoms with E-state index < -0.39 is 16.9 Å². The van der Waals surface area contributed by atoms with E-state index in [1.807, 2.05) is 31.2 Å². The number of hydrogen-bond donors (Lipinski definition) is 0. The van der Waals surface area contributed by atoms with Crippen LogP contribution in [-0.2, 0) is 16.1 Å². The fourth-order valence-electron chi connectivity index (χ4n) is 4.83. The van der Waals surface area contributed by atoms with Crippen molar-refractivity contribution >= 4 is 29.1 Å². The van der Waals surface area contributed by atoms with Gasteiger partial charge in [0.2, 0.25) is 0 Å². The van der Waals surface area contributed by atoms with Crippen LogP contribution < -0.4 is 24.4 Å². The van der Waals surface area contributed by atoms with Gasteiger partial charge in [-0.05, 0) is 56.2 Å². The molecule has 0 unspecified atom stereocenters. The molecule has 0 amide bonds. The van der Waals surface area contributed by atoms with Crippen LogP contribution in [0.3, 0.4) is 0 Å². The van der Waals surface area contributed by atoms with Crippen LogP contribution in [-0.4, -0.2) is 29.2 Å². The van der Waals surface area contributed by atoms with Crippen LogP contribution >= 0.6 is 11.3 Å².